The van der Waals surface area contributed by atoms with Crippen LogP contribution in [-0.4, -0.2) is 36.7 Å². The SMILES string of the molecule is COc1cc(-c2n[nH]nc2-c2ccc([O-])cc2)cc(OC)c1OC. The molecule has 1 heterocycles. The van der Waals surface area contributed by atoms with E-state index in [1.807, 2.05) is 0 Å². The van der Waals surface area contributed by atoms with Gasteiger partial charge in [0.05, 0.1) is 21.3 Å². The average Bonchev–Trinajstić information content (AvgIpc) is 3.10. The normalized spacial score (nSPS) is 10.5. The topological polar surface area (TPSA) is 92.3 Å². The predicted molar refractivity (Wildman–Crippen MR) is 86.4 cm³/mol. The summed E-state index contributed by atoms with van der Waals surface area (Å²) in [6, 6.07) is 9.99. The number of rotatable bonds is 5. The Morgan fingerprint density at radius 2 is 1.33 bits per heavy atom. The fraction of sp³-hybridized carbons (Fsp3) is 0.176. The first-order valence-electron chi connectivity index (χ1n) is 7.16. The number of H-pyrrole nitrogens is 1. The lowest BCUT2D eigenvalue weighted by atomic mass is 10.0. The number of ether oxygens (including phenoxy) is 3. The second-order valence-electron chi connectivity index (χ2n) is 4.96. The van der Waals surface area contributed by atoms with Crippen LogP contribution in [0.1, 0.15) is 0 Å². The molecule has 3 rings (SSSR count). The first kappa shape index (κ1) is 15.7. The van der Waals surface area contributed by atoms with Gasteiger partial charge in [0.25, 0.3) is 0 Å². The second kappa shape index (κ2) is 6.49. The molecule has 0 aliphatic rings. The molecule has 124 valence electrons. The molecule has 0 fully saturated rings. The molecule has 2 aromatic carbocycles. The largest absolute Gasteiger partial charge is 0.872 e. The van der Waals surface area contributed by atoms with Crippen LogP contribution in [0.15, 0.2) is 36.4 Å². The van der Waals surface area contributed by atoms with Crippen molar-refractivity contribution in [2.45, 2.75) is 0 Å². The van der Waals surface area contributed by atoms with Crippen molar-refractivity contribution in [2.24, 2.45) is 0 Å². The van der Waals surface area contributed by atoms with Gasteiger partial charge in [-0.1, -0.05) is 24.3 Å². The van der Waals surface area contributed by atoms with Crippen molar-refractivity contribution in [3.05, 3.63) is 36.4 Å². The van der Waals surface area contributed by atoms with E-state index in [0.29, 0.717) is 28.6 Å². The summed E-state index contributed by atoms with van der Waals surface area (Å²) in [6.07, 6.45) is 0. The molecule has 0 saturated carbocycles. The number of hydrogen-bond donors (Lipinski definition) is 1. The van der Waals surface area contributed by atoms with Crippen LogP contribution in [0.25, 0.3) is 22.5 Å². The Balaban J connectivity index is 2.14. The first-order valence-corrected chi connectivity index (χ1v) is 7.16. The van der Waals surface area contributed by atoms with Crippen molar-refractivity contribution >= 4 is 0 Å². The lowest BCUT2D eigenvalue weighted by molar-refractivity contribution is -0.268. The van der Waals surface area contributed by atoms with Crippen LogP contribution in [0.5, 0.6) is 23.0 Å². The van der Waals surface area contributed by atoms with Gasteiger partial charge in [-0.25, -0.2) is 0 Å². The highest BCUT2D eigenvalue weighted by Gasteiger charge is 2.18. The zero-order chi connectivity index (χ0) is 17.1. The molecule has 7 heteroatoms. The van der Waals surface area contributed by atoms with Crippen LogP contribution in [0, 0.1) is 0 Å². The van der Waals surface area contributed by atoms with Crippen molar-refractivity contribution < 1.29 is 19.3 Å². The molecule has 7 nitrogen and oxygen atoms in total. The quantitative estimate of drug-likeness (QED) is 0.773. The molecule has 0 bridgehead atoms. The number of nitrogens with one attached hydrogen (secondary N) is 1. The summed E-state index contributed by atoms with van der Waals surface area (Å²) in [5.74, 6) is 1.49. The fourth-order valence-corrected chi connectivity index (χ4v) is 2.46. The van der Waals surface area contributed by atoms with E-state index in [1.54, 1.807) is 45.6 Å². The van der Waals surface area contributed by atoms with Crippen LogP contribution in [0.2, 0.25) is 0 Å². The van der Waals surface area contributed by atoms with Crippen molar-refractivity contribution in [2.75, 3.05) is 21.3 Å². The van der Waals surface area contributed by atoms with Crippen LogP contribution < -0.4 is 19.3 Å². The van der Waals surface area contributed by atoms with Gasteiger partial charge >= 0.3 is 0 Å². The predicted octanol–water partition coefficient (Wildman–Crippen LogP) is 2.24. The van der Waals surface area contributed by atoms with E-state index in [4.69, 9.17) is 14.2 Å². The number of benzene rings is 2. The van der Waals surface area contributed by atoms with Gasteiger partial charge in [0.1, 0.15) is 11.4 Å². The van der Waals surface area contributed by atoms with E-state index in [9.17, 15) is 5.11 Å². The molecule has 0 amide bonds. The monoisotopic (exact) mass is 326 g/mol. The van der Waals surface area contributed by atoms with Gasteiger partial charge < -0.3 is 19.3 Å². The van der Waals surface area contributed by atoms with Gasteiger partial charge in [0.15, 0.2) is 11.5 Å². The van der Waals surface area contributed by atoms with Crippen LogP contribution in [0.3, 0.4) is 0 Å². The Labute approximate surface area is 138 Å². The van der Waals surface area contributed by atoms with E-state index in [0.717, 1.165) is 11.1 Å². The molecule has 1 aromatic heterocycles. The minimum absolute atomic E-state index is 0.0587. The van der Waals surface area contributed by atoms with E-state index in [2.05, 4.69) is 15.4 Å². The maximum Gasteiger partial charge on any atom is 0.203 e. The minimum Gasteiger partial charge on any atom is -0.872 e. The second-order valence-corrected chi connectivity index (χ2v) is 4.96. The van der Waals surface area contributed by atoms with E-state index in [-0.39, 0.29) is 5.75 Å². The summed E-state index contributed by atoms with van der Waals surface area (Å²) in [6.45, 7) is 0. The molecule has 0 spiro atoms. The number of aromatic nitrogens is 3. The first-order chi connectivity index (χ1) is 11.7. The summed E-state index contributed by atoms with van der Waals surface area (Å²) in [7, 11) is 4.65. The van der Waals surface area contributed by atoms with Gasteiger partial charge in [0, 0.05) is 11.1 Å². The summed E-state index contributed by atoms with van der Waals surface area (Å²) in [5, 5.41) is 22.3. The third kappa shape index (κ3) is 2.71. The summed E-state index contributed by atoms with van der Waals surface area (Å²) < 4.78 is 16.1. The maximum absolute atomic E-state index is 11.3. The number of methoxy groups -OCH3 is 3. The molecule has 0 unspecified atom stereocenters. The minimum atomic E-state index is -0.0587. The Morgan fingerprint density at radius 1 is 0.792 bits per heavy atom. The molecule has 0 aliphatic heterocycles. The van der Waals surface area contributed by atoms with Gasteiger partial charge in [-0.15, -0.1) is 5.75 Å². The van der Waals surface area contributed by atoms with Crippen LogP contribution in [-0.2, 0) is 0 Å². The molecule has 1 N–H and O–H groups in total. The van der Waals surface area contributed by atoms with E-state index >= 15 is 0 Å². The third-order valence-electron chi connectivity index (χ3n) is 3.61. The zero-order valence-electron chi connectivity index (χ0n) is 13.5. The van der Waals surface area contributed by atoms with Gasteiger partial charge in [0.2, 0.25) is 5.75 Å². The highest BCUT2D eigenvalue weighted by Crippen LogP contribution is 2.42. The van der Waals surface area contributed by atoms with Crippen LogP contribution >= 0.6 is 0 Å². The molecule has 0 saturated heterocycles. The van der Waals surface area contributed by atoms with E-state index < -0.39 is 0 Å². The Morgan fingerprint density at radius 3 is 1.83 bits per heavy atom. The molecule has 0 radical (unpaired) electrons. The molecular weight excluding hydrogens is 310 g/mol. The number of hydrogen-bond acceptors (Lipinski definition) is 6. The highest BCUT2D eigenvalue weighted by molar-refractivity contribution is 5.80. The molecule has 0 aliphatic carbocycles. The summed E-state index contributed by atoms with van der Waals surface area (Å²) in [4.78, 5) is 0. The Bertz CT molecular complexity index is 818. The summed E-state index contributed by atoms with van der Waals surface area (Å²) in [5.41, 5.74) is 2.78. The van der Waals surface area contributed by atoms with E-state index in [1.165, 1.54) is 12.1 Å². The smallest absolute Gasteiger partial charge is 0.203 e. The third-order valence-corrected chi connectivity index (χ3v) is 3.61. The molecule has 24 heavy (non-hydrogen) atoms. The molecule has 3 aromatic rings. The van der Waals surface area contributed by atoms with Gasteiger partial charge in [-0.05, 0) is 12.1 Å². The Kier molecular flexibility index (Phi) is 4.24. The van der Waals surface area contributed by atoms with Crippen molar-refractivity contribution in [1.82, 2.24) is 15.4 Å². The molecular formula is C17H16N3O4-. The van der Waals surface area contributed by atoms with Crippen molar-refractivity contribution in [3.8, 4) is 45.5 Å². The summed E-state index contributed by atoms with van der Waals surface area (Å²) >= 11 is 0. The Hall–Kier alpha value is -3.22. The highest BCUT2D eigenvalue weighted by atomic mass is 16.5. The fourth-order valence-electron chi connectivity index (χ4n) is 2.46. The maximum atomic E-state index is 11.3. The number of nitrogens with zero attached hydrogens (tertiary/aromatic N) is 2. The standard InChI is InChI=1S/C17H17N3O4/c1-22-13-8-11(9-14(23-2)17(13)24-3)16-15(18-20-19-16)10-4-6-12(21)7-5-10/h4-9,21H,1-3H3,(H,18,19,20)/p-1. The molecule has 0 atom stereocenters. The number of aromatic amines is 1. The average molecular weight is 326 g/mol. The zero-order valence-corrected chi connectivity index (χ0v) is 13.5. The van der Waals surface area contributed by atoms with Crippen molar-refractivity contribution in [3.63, 3.8) is 0 Å². The van der Waals surface area contributed by atoms with Crippen molar-refractivity contribution in [1.29, 1.82) is 0 Å². The van der Waals surface area contributed by atoms with Crippen LogP contribution in [0.4, 0.5) is 0 Å². The van der Waals surface area contributed by atoms with Gasteiger partial charge in [-0.3, -0.25) is 0 Å². The van der Waals surface area contributed by atoms with Gasteiger partial charge in [-0.2, -0.15) is 15.4 Å². The lowest BCUT2D eigenvalue weighted by Gasteiger charge is -2.13. The lowest BCUT2D eigenvalue weighted by Crippen LogP contribution is -1.96.